The summed E-state index contributed by atoms with van der Waals surface area (Å²) in [4.78, 5) is 0. The van der Waals surface area contributed by atoms with E-state index in [1.165, 1.54) is 51.4 Å². The minimum Gasteiger partial charge on any atom is -0.381 e. The van der Waals surface area contributed by atoms with E-state index in [0.717, 1.165) is 18.4 Å². The SMILES string of the molecule is CCCC1CCC(C2CCC(OC)CC2)OC1. The fraction of sp³-hybridized carbons (Fsp3) is 1.00. The molecule has 0 spiro atoms. The fourth-order valence-electron chi connectivity index (χ4n) is 3.53. The Kier molecular flexibility index (Phi) is 5.30. The largest absolute Gasteiger partial charge is 0.381 e. The summed E-state index contributed by atoms with van der Waals surface area (Å²) in [6.07, 6.45) is 11.5. The van der Waals surface area contributed by atoms with Gasteiger partial charge >= 0.3 is 0 Å². The van der Waals surface area contributed by atoms with Crippen molar-refractivity contribution in [1.29, 1.82) is 0 Å². The normalized spacial score (nSPS) is 39.2. The van der Waals surface area contributed by atoms with Crippen molar-refractivity contribution in [2.45, 2.75) is 70.5 Å². The highest BCUT2D eigenvalue weighted by Gasteiger charge is 2.31. The van der Waals surface area contributed by atoms with Gasteiger partial charge in [-0.05, 0) is 56.8 Å². The molecule has 1 saturated heterocycles. The monoisotopic (exact) mass is 240 g/mol. The van der Waals surface area contributed by atoms with Gasteiger partial charge in [-0.3, -0.25) is 0 Å². The van der Waals surface area contributed by atoms with Gasteiger partial charge in [0.05, 0.1) is 12.2 Å². The van der Waals surface area contributed by atoms with Gasteiger partial charge in [0.25, 0.3) is 0 Å². The number of hydrogen-bond donors (Lipinski definition) is 0. The van der Waals surface area contributed by atoms with Gasteiger partial charge in [0, 0.05) is 13.7 Å². The first-order valence-electron chi connectivity index (χ1n) is 7.47. The van der Waals surface area contributed by atoms with Gasteiger partial charge in [0.1, 0.15) is 0 Å². The molecule has 2 fully saturated rings. The first kappa shape index (κ1) is 13.4. The Labute approximate surface area is 106 Å². The maximum Gasteiger partial charge on any atom is 0.0603 e. The number of methoxy groups -OCH3 is 1. The van der Waals surface area contributed by atoms with E-state index in [1.54, 1.807) is 0 Å². The van der Waals surface area contributed by atoms with Gasteiger partial charge in [-0.25, -0.2) is 0 Å². The van der Waals surface area contributed by atoms with Gasteiger partial charge in [0.2, 0.25) is 0 Å². The van der Waals surface area contributed by atoms with Crippen LogP contribution in [0.4, 0.5) is 0 Å². The molecule has 0 aromatic carbocycles. The molecule has 100 valence electrons. The van der Waals surface area contributed by atoms with Crippen molar-refractivity contribution in [1.82, 2.24) is 0 Å². The summed E-state index contributed by atoms with van der Waals surface area (Å²) >= 11 is 0. The van der Waals surface area contributed by atoms with Crippen molar-refractivity contribution >= 4 is 0 Å². The highest BCUT2D eigenvalue weighted by atomic mass is 16.5. The maximum atomic E-state index is 6.11. The molecule has 0 amide bonds. The average molecular weight is 240 g/mol. The second-order valence-corrected chi connectivity index (χ2v) is 5.88. The summed E-state index contributed by atoms with van der Waals surface area (Å²) in [5.74, 6) is 1.65. The van der Waals surface area contributed by atoms with Crippen LogP contribution in [0.3, 0.4) is 0 Å². The van der Waals surface area contributed by atoms with Crippen molar-refractivity contribution in [2.24, 2.45) is 11.8 Å². The molecule has 2 aliphatic rings. The quantitative estimate of drug-likeness (QED) is 0.744. The average Bonchev–Trinajstić information content (AvgIpc) is 2.40. The molecule has 2 atom stereocenters. The van der Waals surface area contributed by atoms with Crippen molar-refractivity contribution in [2.75, 3.05) is 13.7 Å². The van der Waals surface area contributed by atoms with Crippen LogP contribution in [0.5, 0.6) is 0 Å². The first-order valence-corrected chi connectivity index (χ1v) is 7.47. The molecular formula is C15H28O2. The van der Waals surface area contributed by atoms with E-state index in [9.17, 15) is 0 Å². The van der Waals surface area contributed by atoms with Crippen LogP contribution >= 0.6 is 0 Å². The molecule has 2 heteroatoms. The van der Waals surface area contributed by atoms with E-state index >= 15 is 0 Å². The molecule has 0 N–H and O–H groups in total. The van der Waals surface area contributed by atoms with Crippen LogP contribution in [0, 0.1) is 11.8 Å². The van der Waals surface area contributed by atoms with Gasteiger partial charge in [-0.1, -0.05) is 13.3 Å². The Morgan fingerprint density at radius 1 is 1.06 bits per heavy atom. The van der Waals surface area contributed by atoms with Gasteiger partial charge in [0.15, 0.2) is 0 Å². The Morgan fingerprint density at radius 2 is 1.82 bits per heavy atom. The van der Waals surface area contributed by atoms with Crippen LogP contribution in [0.15, 0.2) is 0 Å². The van der Waals surface area contributed by atoms with Crippen molar-refractivity contribution in [3.63, 3.8) is 0 Å². The molecule has 0 radical (unpaired) electrons. The van der Waals surface area contributed by atoms with E-state index < -0.39 is 0 Å². The predicted octanol–water partition coefficient (Wildman–Crippen LogP) is 3.79. The van der Waals surface area contributed by atoms with E-state index in [1.807, 2.05) is 7.11 Å². The van der Waals surface area contributed by atoms with Crippen LogP contribution in [-0.2, 0) is 9.47 Å². The number of rotatable bonds is 4. The van der Waals surface area contributed by atoms with Gasteiger partial charge < -0.3 is 9.47 Å². The van der Waals surface area contributed by atoms with Crippen molar-refractivity contribution < 1.29 is 9.47 Å². The smallest absolute Gasteiger partial charge is 0.0603 e. The van der Waals surface area contributed by atoms with Crippen LogP contribution in [0.25, 0.3) is 0 Å². The lowest BCUT2D eigenvalue weighted by atomic mass is 9.80. The van der Waals surface area contributed by atoms with Crippen molar-refractivity contribution in [3.05, 3.63) is 0 Å². The predicted molar refractivity (Wildman–Crippen MR) is 70.1 cm³/mol. The molecule has 2 rings (SSSR count). The lowest BCUT2D eigenvalue weighted by Gasteiger charge is -2.37. The fourth-order valence-corrected chi connectivity index (χ4v) is 3.53. The molecule has 17 heavy (non-hydrogen) atoms. The van der Waals surface area contributed by atoms with E-state index in [2.05, 4.69) is 6.92 Å². The van der Waals surface area contributed by atoms with Gasteiger partial charge in [-0.15, -0.1) is 0 Å². The third kappa shape index (κ3) is 3.69. The summed E-state index contributed by atoms with van der Waals surface area (Å²) < 4.78 is 11.5. The zero-order valence-electron chi connectivity index (χ0n) is 11.5. The lowest BCUT2D eigenvalue weighted by Crippen LogP contribution is -2.35. The van der Waals surface area contributed by atoms with Crippen molar-refractivity contribution in [3.8, 4) is 0 Å². The number of ether oxygens (including phenoxy) is 2. The zero-order chi connectivity index (χ0) is 12.1. The minimum atomic E-state index is 0.516. The Morgan fingerprint density at radius 3 is 2.35 bits per heavy atom. The summed E-state index contributed by atoms with van der Waals surface area (Å²) in [5, 5.41) is 0. The maximum absolute atomic E-state index is 6.11. The second-order valence-electron chi connectivity index (χ2n) is 5.88. The zero-order valence-corrected chi connectivity index (χ0v) is 11.5. The molecule has 0 aromatic heterocycles. The Balaban J connectivity index is 1.70. The Bertz CT molecular complexity index is 201. The Hall–Kier alpha value is -0.0800. The molecule has 1 heterocycles. The molecule has 0 bridgehead atoms. The standard InChI is InChI=1S/C15H28O2/c1-3-4-12-5-10-15(17-11-12)13-6-8-14(16-2)9-7-13/h12-15H,3-11H2,1-2H3. The topological polar surface area (TPSA) is 18.5 Å². The molecule has 1 aliphatic heterocycles. The van der Waals surface area contributed by atoms with E-state index in [0.29, 0.717) is 12.2 Å². The van der Waals surface area contributed by atoms with Crippen LogP contribution in [-0.4, -0.2) is 25.9 Å². The molecule has 0 aromatic rings. The van der Waals surface area contributed by atoms with Crippen LogP contribution < -0.4 is 0 Å². The summed E-state index contributed by atoms with van der Waals surface area (Å²) in [6, 6.07) is 0. The third-order valence-corrected chi connectivity index (χ3v) is 4.68. The highest BCUT2D eigenvalue weighted by Crippen LogP contribution is 2.35. The van der Waals surface area contributed by atoms with E-state index in [4.69, 9.17) is 9.47 Å². The molecule has 2 unspecified atom stereocenters. The lowest BCUT2D eigenvalue weighted by molar-refractivity contribution is -0.0670. The molecule has 2 nitrogen and oxygen atoms in total. The third-order valence-electron chi connectivity index (χ3n) is 4.68. The minimum absolute atomic E-state index is 0.516. The number of hydrogen-bond acceptors (Lipinski definition) is 2. The summed E-state index contributed by atoms with van der Waals surface area (Å²) in [6.45, 7) is 3.29. The highest BCUT2D eigenvalue weighted by molar-refractivity contribution is 4.81. The molecule has 1 saturated carbocycles. The summed E-state index contributed by atoms with van der Waals surface area (Å²) in [7, 11) is 1.84. The molecular weight excluding hydrogens is 212 g/mol. The molecule has 1 aliphatic carbocycles. The second kappa shape index (κ2) is 6.75. The van der Waals surface area contributed by atoms with E-state index in [-0.39, 0.29) is 0 Å². The summed E-state index contributed by atoms with van der Waals surface area (Å²) in [5.41, 5.74) is 0. The van der Waals surface area contributed by atoms with Crippen LogP contribution in [0.2, 0.25) is 0 Å². The van der Waals surface area contributed by atoms with Crippen LogP contribution in [0.1, 0.15) is 58.3 Å². The first-order chi connectivity index (χ1) is 8.33. The van der Waals surface area contributed by atoms with Gasteiger partial charge in [-0.2, -0.15) is 0 Å².